The SMILES string of the molecule is C1=CC(c2cc(-c3cccc(-c4cccc(-c5ccc6c(c5)C5(c7ccccc7-c7ccccc75)c5ccccc5-6)c4)c3)nc(-c3ccccc3)n2)=CCC1. The van der Waals surface area contributed by atoms with Gasteiger partial charge in [-0.25, -0.2) is 9.97 Å². The summed E-state index contributed by atoms with van der Waals surface area (Å²) in [6.07, 6.45) is 8.80. The summed E-state index contributed by atoms with van der Waals surface area (Å²) in [6, 6.07) is 64.3. The Hall–Kier alpha value is -6.90. The van der Waals surface area contributed by atoms with Crippen molar-refractivity contribution >= 4 is 5.57 Å². The van der Waals surface area contributed by atoms with E-state index in [1.807, 2.05) is 18.2 Å². The highest BCUT2D eigenvalue weighted by Gasteiger charge is 2.51. The minimum absolute atomic E-state index is 0.362. The molecule has 0 N–H and O–H groups in total. The first kappa shape index (κ1) is 31.6. The van der Waals surface area contributed by atoms with Crippen molar-refractivity contribution in [2.75, 3.05) is 0 Å². The zero-order chi connectivity index (χ0) is 36.3. The molecule has 8 aromatic rings. The Morgan fingerprint density at radius 3 is 1.49 bits per heavy atom. The molecule has 7 aromatic carbocycles. The third-order valence-corrected chi connectivity index (χ3v) is 11.7. The molecular formula is C53H36N2. The molecule has 1 spiro atoms. The molecule has 0 atom stereocenters. The van der Waals surface area contributed by atoms with Crippen LogP contribution in [-0.4, -0.2) is 9.97 Å². The molecule has 11 rings (SSSR count). The maximum absolute atomic E-state index is 5.12. The van der Waals surface area contributed by atoms with Crippen molar-refractivity contribution in [3.63, 3.8) is 0 Å². The Balaban J connectivity index is 1.02. The molecule has 0 unspecified atom stereocenters. The van der Waals surface area contributed by atoms with Gasteiger partial charge in [0.15, 0.2) is 5.82 Å². The highest BCUT2D eigenvalue weighted by Crippen LogP contribution is 2.63. The zero-order valence-electron chi connectivity index (χ0n) is 30.3. The summed E-state index contributed by atoms with van der Waals surface area (Å²) < 4.78 is 0. The largest absolute Gasteiger partial charge is 0.228 e. The Morgan fingerprint density at radius 1 is 0.364 bits per heavy atom. The molecule has 1 heterocycles. The fraction of sp³-hybridized carbons (Fsp3) is 0.0566. The van der Waals surface area contributed by atoms with Crippen LogP contribution in [0.1, 0.15) is 40.8 Å². The van der Waals surface area contributed by atoms with Crippen LogP contribution in [0.15, 0.2) is 194 Å². The van der Waals surface area contributed by atoms with Crippen LogP contribution in [0.25, 0.3) is 72.7 Å². The number of rotatable bonds is 5. The summed E-state index contributed by atoms with van der Waals surface area (Å²) in [4.78, 5) is 10.2. The van der Waals surface area contributed by atoms with Crippen LogP contribution in [-0.2, 0) is 5.41 Å². The lowest BCUT2D eigenvalue weighted by atomic mass is 9.70. The molecule has 1 aromatic heterocycles. The summed E-state index contributed by atoms with van der Waals surface area (Å²) in [5.41, 5.74) is 20.2. The van der Waals surface area contributed by atoms with Gasteiger partial charge in [-0.2, -0.15) is 0 Å². The number of allylic oxidation sites excluding steroid dienone is 4. The monoisotopic (exact) mass is 700 g/mol. The maximum Gasteiger partial charge on any atom is 0.160 e. The Bertz CT molecular complexity index is 2810. The zero-order valence-corrected chi connectivity index (χ0v) is 30.3. The lowest BCUT2D eigenvalue weighted by molar-refractivity contribution is 0.794. The van der Waals surface area contributed by atoms with E-state index >= 15 is 0 Å². The molecule has 3 aliphatic carbocycles. The van der Waals surface area contributed by atoms with Gasteiger partial charge in [0.05, 0.1) is 16.8 Å². The van der Waals surface area contributed by atoms with E-state index in [4.69, 9.17) is 9.97 Å². The van der Waals surface area contributed by atoms with Crippen molar-refractivity contribution in [2.45, 2.75) is 18.3 Å². The molecule has 2 heteroatoms. The van der Waals surface area contributed by atoms with Gasteiger partial charge >= 0.3 is 0 Å². The van der Waals surface area contributed by atoms with Crippen molar-refractivity contribution < 1.29 is 0 Å². The summed E-state index contributed by atoms with van der Waals surface area (Å²) in [7, 11) is 0. The average molecular weight is 701 g/mol. The van der Waals surface area contributed by atoms with Gasteiger partial charge in [0.1, 0.15) is 0 Å². The molecule has 3 aliphatic rings. The Morgan fingerprint density at radius 2 is 0.873 bits per heavy atom. The van der Waals surface area contributed by atoms with E-state index in [0.717, 1.165) is 52.3 Å². The van der Waals surface area contributed by atoms with Crippen molar-refractivity contribution in [3.05, 3.63) is 222 Å². The standard InChI is InChI=1S/C53H36N2/c1-3-15-35(16-4-1)50-34-51(55-52(54-50)36-17-5-2-6-18-36)41-22-14-21-39(32-41)37-19-13-20-38(31-37)40-29-30-45-44-25-9-12-28-48(44)53(49(45)33-40)46-26-10-7-23-42(46)43-24-8-11-27-47(43)53/h2-3,5-34H,1,4H2. The van der Waals surface area contributed by atoms with Gasteiger partial charge < -0.3 is 0 Å². The van der Waals surface area contributed by atoms with E-state index in [9.17, 15) is 0 Å². The summed E-state index contributed by atoms with van der Waals surface area (Å²) >= 11 is 0. The molecule has 55 heavy (non-hydrogen) atoms. The third-order valence-electron chi connectivity index (χ3n) is 11.7. The molecule has 0 aliphatic heterocycles. The molecule has 0 bridgehead atoms. The quantitative estimate of drug-likeness (QED) is 0.179. The molecule has 0 fully saturated rings. The second-order valence-electron chi connectivity index (χ2n) is 14.8. The van der Waals surface area contributed by atoms with Gasteiger partial charge in [-0.3, -0.25) is 0 Å². The maximum atomic E-state index is 5.12. The predicted octanol–water partition coefficient (Wildman–Crippen LogP) is 13.2. The van der Waals surface area contributed by atoms with Gasteiger partial charge in [-0.1, -0.05) is 170 Å². The highest BCUT2D eigenvalue weighted by molar-refractivity contribution is 5.96. The Labute approximate surface area is 321 Å². The molecule has 2 nitrogen and oxygen atoms in total. The van der Waals surface area contributed by atoms with Crippen molar-refractivity contribution in [1.29, 1.82) is 0 Å². The smallest absolute Gasteiger partial charge is 0.160 e. The van der Waals surface area contributed by atoms with E-state index in [1.54, 1.807) is 0 Å². The molecule has 258 valence electrons. The van der Waals surface area contributed by atoms with Crippen LogP contribution in [0.4, 0.5) is 0 Å². The van der Waals surface area contributed by atoms with Crippen molar-refractivity contribution in [3.8, 4) is 67.2 Å². The molecule has 0 saturated heterocycles. The van der Waals surface area contributed by atoms with Crippen LogP contribution < -0.4 is 0 Å². The van der Waals surface area contributed by atoms with Crippen LogP contribution in [0.5, 0.6) is 0 Å². The summed E-state index contributed by atoms with van der Waals surface area (Å²) in [5.74, 6) is 0.740. The predicted molar refractivity (Wildman–Crippen MR) is 226 cm³/mol. The second kappa shape index (κ2) is 12.6. The topological polar surface area (TPSA) is 25.8 Å². The summed E-state index contributed by atoms with van der Waals surface area (Å²) in [6.45, 7) is 0. The van der Waals surface area contributed by atoms with Gasteiger partial charge in [-0.15, -0.1) is 0 Å². The normalized spacial score (nSPS) is 14.2. The van der Waals surface area contributed by atoms with E-state index in [2.05, 4.69) is 176 Å². The van der Waals surface area contributed by atoms with Gasteiger partial charge in [0, 0.05) is 11.1 Å². The number of nitrogens with zero attached hydrogens (tertiary/aromatic N) is 2. The fourth-order valence-corrected chi connectivity index (χ4v) is 9.27. The molecule has 0 radical (unpaired) electrons. The second-order valence-corrected chi connectivity index (χ2v) is 14.8. The molecule has 0 amide bonds. The minimum atomic E-state index is -0.362. The van der Waals surface area contributed by atoms with E-state index in [-0.39, 0.29) is 5.41 Å². The number of fused-ring (bicyclic) bond motifs is 10. The highest BCUT2D eigenvalue weighted by atomic mass is 14.9. The lowest BCUT2D eigenvalue weighted by Gasteiger charge is -2.30. The van der Waals surface area contributed by atoms with Crippen molar-refractivity contribution in [1.82, 2.24) is 9.97 Å². The van der Waals surface area contributed by atoms with E-state index < -0.39 is 0 Å². The first-order valence-corrected chi connectivity index (χ1v) is 19.2. The van der Waals surface area contributed by atoms with Gasteiger partial charge in [0.2, 0.25) is 0 Å². The first-order chi connectivity index (χ1) is 27.3. The molecular weight excluding hydrogens is 665 g/mol. The Kier molecular flexibility index (Phi) is 7.25. The molecule has 0 saturated carbocycles. The third kappa shape index (κ3) is 4.95. The average Bonchev–Trinajstić information content (AvgIpc) is 3.74. The van der Waals surface area contributed by atoms with E-state index in [1.165, 1.54) is 61.2 Å². The lowest BCUT2D eigenvalue weighted by Crippen LogP contribution is -2.25. The van der Waals surface area contributed by atoms with E-state index in [0.29, 0.717) is 0 Å². The van der Waals surface area contributed by atoms with Crippen LogP contribution in [0, 0.1) is 0 Å². The van der Waals surface area contributed by atoms with Crippen LogP contribution in [0.3, 0.4) is 0 Å². The van der Waals surface area contributed by atoms with Crippen LogP contribution >= 0.6 is 0 Å². The summed E-state index contributed by atoms with van der Waals surface area (Å²) in [5, 5.41) is 0. The number of hydrogen-bond donors (Lipinski definition) is 0. The number of hydrogen-bond acceptors (Lipinski definition) is 2. The van der Waals surface area contributed by atoms with Gasteiger partial charge in [-0.05, 0) is 109 Å². The van der Waals surface area contributed by atoms with Crippen molar-refractivity contribution in [2.24, 2.45) is 0 Å². The number of benzene rings is 7. The van der Waals surface area contributed by atoms with Gasteiger partial charge in [0.25, 0.3) is 0 Å². The van der Waals surface area contributed by atoms with Crippen LogP contribution in [0.2, 0.25) is 0 Å². The number of aromatic nitrogens is 2. The first-order valence-electron chi connectivity index (χ1n) is 19.2. The minimum Gasteiger partial charge on any atom is -0.228 e. The fourth-order valence-electron chi connectivity index (χ4n) is 9.27.